The number of ether oxygens (including phenoxy) is 1. The highest BCUT2D eigenvalue weighted by Gasteiger charge is 2.51. The first-order valence-corrected chi connectivity index (χ1v) is 10.1. The molecule has 0 spiro atoms. The van der Waals surface area contributed by atoms with Crippen molar-refractivity contribution in [3.63, 3.8) is 0 Å². The van der Waals surface area contributed by atoms with Gasteiger partial charge in [-0.2, -0.15) is 8.78 Å². The van der Waals surface area contributed by atoms with Crippen molar-refractivity contribution in [3.8, 4) is 5.75 Å². The molecule has 0 aliphatic rings. The second-order valence-corrected chi connectivity index (χ2v) is 8.15. The normalized spacial score (nSPS) is 11.0. The zero-order valence-corrected chi connectivity index (χ0v) is 16.6. The number of hydrogen-bond acceptors (Lipinski definition) is 7. The van der Waals surface area contributed by atoms with Crippen LogP contribution in [-0.2, 0) is 27.7 Å². The summed E-state index contributed by atoms with van der Waals surface area (Å²) >= 11 is 0. The van der Waals surface area contributed by atoms with Crippen LogP contribution in [0.4, 0.5) is 22.0 Å². The first-order valence-electron chi connectivity index (χ1n) is 8.13. The zero-order chi connectivity index (χ0) is 22.4. The molecule has 162 valence electrons. The molecule has 0 unspecified atom stereocenters. The van der Waals surface area contributed by atoms with E-state index in [0.29, 0.717) is 0 Å². The van der Waals surface area contributed by atoms with Gasteiger partial charge in [0.1, 0.15) is 0 Å². The summed E-state index contributed by atoms with van der Waals surface area (Å²) < 4.78 is 85.7. The molecule has 0 aromatic heterocycles. The third-order valence-electron chi connectivity index (χ3n) is 3.19. The molecule has 1 rings (SSSR count). The second kappa shape index (κ2) is 10.2. The topological polar surface area (TPSA) is 88.1 Å². The quantitative estimate of drug-likeness (QED) is 0.190. The van der Waals surface area contributed by atoms with Crippen molar-refractivity contribution >= 4 is 26.7 Å². The molecular weight excluding hydrogens is 427 g/mol. The van der Waals surface area contributed by atoms with Gasteiger partial charge < -0.3 is 18.0 Å². The molecule has 0 atom stereocenters. The van der Waals surface area contributed by atoms with E-state index in [0.717, 1.165) is 20.8 Å². The summed E-state index contributed by atoms with van der Waals surface area (Å²) in [5.74, 6) is -14.9. The van der Waals surface area contributed by atoms with E-state index in [9.17, 15) is 36.3 Å². The van der Waals surface area contributed by atoms with Crippen LogP contribution in [0.15, 0.2) is 0 Å². The van der Waals surface area contributed by atoms with Crippen molar-refractivity contribution in [3.05, 3.63) is 29.1 Å². The van der Waals surface area contributed by atoms with E-state index < -0.39 is 68.2 Å². The van der Waals surface area contributed by atoms with Crippen molar-refractivity contribution < 1.29 is 54.4 Å². The maximum atomic E-state index is 13.5. The van der Waals surface area contributed by atoms with Gasteiger partial charge in [-0.25, -0.2) is 13.2 Å². The zero-order valence-electron chi connectivity index (χ0n) is 15.6. The smallest absolute Gasteiger partial charge is 0.487 e. The van der Waals surface area contributed by atoms with Crippen molar-refractivity contribution in [2.75, 3.05) is 6.61 Å². The monoisotopic (exact) mass is 444 g/mol. The molecule has 0 N–H and O–H groups in total. The molecule has 1 aromatic carbocycles. The molecule has 0 aliphatic heterocycles. The number of hydrogen-bond donors (Lipinski definition) is 0. The first-order chi connectivity index (χ1) is 13.4. The van der Waals surface area contributed by atoms with E-state index >= 15 is 0 Å². The Morgan fingerprint density at radius 3 is 1.45 bits per heavy atom. The Kier molecular flexibility index (Phi) is 8.54. The molecule has 0 aliphatic carbocycles. The minimum absolute atomic E-state index is 0.00450. The molecule has 0 fully saturated rings. The van der Waals surface area contributed by atoms with E-state index in [2.05, 4.69) is 4.74 Å². The van der Waals surface area contributed by atoms with Crippen molar-refractivity contribution in [2.24, 2.45) is 0 Å². The van der Waals surface area contributed by atoms with Crippen molar-refractivity contribution in [1.82, 2.24) is 0 Å². The van der Waals surface area contributed by atoms with E-state index in [4.69, 9.17) is 13.3 Å². The van der Waals surface area contributed by atoms with E-state index in [-0.39, 0.29) is 18.9 Å². The SMILES string of the molecule is CC(=O)O[Si](CCCCOc1c(F)c(F)c(F)c(F)c1F)(OC(C)=O)OC(C)=O. The number of carbonyl (C=O) groups is 3. The number of halogens is 5. The Labute approximate surface area is 163 Å². The van der Waals surface area contributed by atoms with Gasteiger partial charge in [0.05, 0.1) is 12.7 Å². The average molecular weight is 444 g/mol. The van der Waals surface area contributed by atoms with Crippen LogP contribution < -0.4 is 4.74 Å². The molecular formula is C16H17F5O7Si. The molecule has 0 saturated carbocycles. The summed E-state index contributed by atoms with van der Waals surface area (Å²) in [4.78, 5) is 33.8. The fourth-order valence-corrected chi connectivity index (χ4v) is 4.63. The lowest BCUT2D eigenvalue weighted by Gasteiger charge is -2.26. The number of rotatable bonds is 9. The Morgan fingerprint density at radius 2 is 1.07 bits per heavy atom. The van der Waals surface area contributed by atoms with Crippen LogP contribution in [-0.4, -0.2) is 33.3 Å². The minimum atomic E-state index is -4.08. The summed E-state index contributed by atoms with van der Waals surface area (Å²) in [5, 5.41) is 0. The van der Waals surface area contributed by atoms with Gasteiger partial charge in [0.2, 0.25) is 29.1 Å². The summed E-state index contributed by atoms with van der Waals surface area (Å²) in [6.45, 7) is 2.51. The standard InChI is InChI=1S/C16H17F5O7Si/c1-8(22)26-29(27-9(2)23,28-10(3)24)7-5-4-6-25-16-14(20)12(18)11(17)13(19)15(16)21/h4-7H2,1-3H3. The average Bonchev–Trinajstić information content (AvgIpc) is 2.58. The number of carbonyl (C=O) groups excluding carboxylic acids is 3. The second-order valence-electron chi connectivity index (χ2n) is 5.67. The lowest BCUT2D eigenvalue weighted by molar-refractivity contribution is -0.147. The first kappa shape index (κ1) is 24.3. The van der Waals surface area contributed by atoms with Gasteiger partial charge in [0.15, 0.2) is 5.75 Å². The molecule has 0 heterocycles. The van der Waals surface area contributed by atoms with E-state index in [1.165, 1.54) is 0 Å². The summed E-state index contributed by atoms with van der Waals surface area (Å²) in [6, 6.07) is -0.244. The van der Waals surface area contributed by atoms with Crippen LogP contribution in [0.3, 0.4) is 0 Å². The Bertz CT molecular complexity index is 733. The van der Waals surface area contributed by atoms with Crippen LogP contribution in [0.1, 0.15) is 33.6 Å². The lowest BCUT2D eigenvalue weighted by Crippen LogP contribution is -2.49. The van der Waals surface area contributed by atoms with Crippen LogP contribution in [0.25, 0.3) is 0 Å². The predicted molar refractivity (Wildman–Crippen MR) is 86.8 cm³/mol. The molecule has 0 radical (unpaired) electrons. The number of benzene rings is 1. The Morgan fingerprint density at radius 1 is 0.690 bits per heavy atom. The molecule has 7 nitrogen and oxygen atoms in total. The largest absolute Gasteiger partial charge is 0.705 e. The third-order valence-corrected chi connectivity index (χ3v) is 5.95. The summed E-state index contributed by atoms with van der Waals surface area (Å²) in [6.07, 6.45) is -0.0620. The Balaban J connectivity index is 2.80. The van der Waals surface area contributed by atoms with Crippen LogP contribution >= 0.6 is 0 Å². The van der Waals surface area contributed by atoms with E-state index in [1.807, 2.05) is 0 Å². The molecule has 29 heavy (non-hydrogen) atoms. The van der Waals surface area contributed by atoms with Gasteiger partial charge in [-0.15, -0.1) is 0 Å². The van der Waals surface area contributed by atoms with Gasteiger partial charge in [-0.1, -0.05) is 0 Å². The fourth-order valence-electron chi connectivity index (χ4n) is 2.20. The van der Waals surface area contributed by atoms with Gasteiger partial charge in [0, 0.05) is 20.8 Å². The van der Waals surface area contributed by atoms with Crippen LogP contribution in [0.5, 0.6) is 5.75 Å². The van der Waals surface area contributed by atoms with Crippen molar-refractivity contribution in [1.29, 1.82) is 0 Å². The highest BCUT2D eigenvalue weighted by Crippen LogP contribution is 2.29. The number of unbranched alkanes of at least 4 members (excludes halogenated alkanes) is 1. The predicted octanol–water partition coefficient (Wildman–Crippen LogP) is 3.17. The van der Waals surface area contributed by atoms with Crippen LogP contribution in [0.2, 0.25) is 6.04 Å². The molecule has 13 heteroatoms. The molecule has 1 aromatic rings. The highest BCUT2D eigenvalue weighted by molar-refractivity contribution is 6.65. The van der Waals surface area contributed by atoms with Crippen LogP contribution in [0, 0.1) is 29.1 Å². The van der Waals surface area contributed by atoms with Gasteiger partial charge in [0.25, 0.3) is 17.9 Å². The van der Waals surface area contributed by atoms with Gasteiger partial charge in [-0.05, 0) is 12.8 Å². The summed E-state index contributed by atoms with van der Waals surface area (Å²) in [5.41, 5.74) is 0. The van der Waals surface area contributed by atoms with Gasteiger partial charge in [-0.3, -0.25) is 14.4 Å². The highest BCUT2D eigenvalue weighted by atomic mass is 28.4. The van der Waals surface area contributed by atoms with Crippen molar-refractivity contribution in [2.45, 2.75) is 39.7 Å². The maximum absolute atomic E-state index is 13.5. The molecule has 0 amide bonds. The lowest BCUT2D eigenvalue weighted by atomic mass is 10.2. The summed E-state index contributed by atoms with van der Waals surface area (Å²) in [7, 11) is -4.08. The molecule has 0 saturated heterocycles. The minimum Gasteiger partial charge on any atom is -0.487 e. The Hall–Kier alpha value is -2.70. The fraction of sp³-hybridized carbons (Fsp3) is 0.438. The third kappa shape index (κ3) is 6.69. The van der Waals surface area contributed by atoms with Gasteiger partial charge >= 0.3 is 8.80 Å². The maximum Gasteiger partial charge on any atom is 0.705 e. The van der Waals surface area contributed by atoms with E-state index in [1.54, 1.807) is 0 Å². The molecule has 0 bridgehead atoms.